The largest absolute Gasteiger partial charge is 0.504 e. The molecule has 0 saturated carbocycles. The van der Waals surface area contributed by atoms with Crippen LogP contribution >= 0.6 is 0 Å². The Balaban J connectivity index is 1.80. The van der Waals surface area contributed by atoms with E-state index in [2.05, 4.69) is 10.3 Å². The van der Waals surface area contributed by atoms with Gasteiger partial charge in [0.15, 0.2) is 18.2 Å². The van der Waals surface area contributed by atoms with Crippen LogP contribution in [0.1, 0.15) is 10.4 Å². The van der Waals surface area contributed by atoms with Gasteiger partial charge in [0.1, 0.15) is 5.52 Å². The Labute approximate surface area is 129 Å². The molecule has 8 heteroatoms. The lowest BCUT2D eigenvalue weighted by atomic mass is 10.2. The predicted molar refractivity (Wildman–Crippen MR) is 79.0 cm³/mol. The Morgan fingerprint density at radius 1 is 1.13 bits per heavy atom. The molecule has 0 amide bonds. The molecule has 0 aliphatic heterocycles. The fourth-order valence-electron chi connectivity index (χ4n) is 1.96. The molecular formula is C15H11N3O5. The molecule has 0 saturated heterocycles. The first-order valence-electron chi connectivity index (χ1n) is 6.58. The van der Waals surface area contributed by atoms with Gasteiger partial charge in [0, 0.05) is 0 Å². The summed E-state index contributed by atoms with van der Waals surface area (Å²) < 4.78 is 5.88. The van der Waals surface area contributed by atoms with Crippen LogP contribution in [0.5, 0.6) is 11.5 Å². The van der Waals surface area contributed by atoms with Gasteiger partial charge in [0.2, 0.25) is 0 Å². The van der Waals surface area contributed by atoms with Crippen LogP contribution < -0.4 is 5.56 Å². The summed E-state index contributed by atoms with van der Waals surface area (Å²) in [5.41, 5.74) is 0.0441. The minimum atomic E-state index is -0.776. The molecule has 0 aliphatic carbocycles. The molecule has 1 aromatic heterocycles. The molecule has 0 unspecified atom stereocenters. The van der Waals surface area contributed by atoms with Gasteiger partial charge in [-0.25, -0.2) is 4.79 Å². The number of nitrogens with zero attached hydrogens (tertiary/aromatic N) is 3. The lowest BCUT2D eigenvalue weighted by Gasteiger charge is -2.07. The van der Waals surface area contributed by atoms with Gasteiger partial charge < -0.3 is 14.9 Å². The first kappa shape index (κ1) is 14.5. The van der Waals surface area contributed by atoms with Crippen molar-refractivity contribution in [3.05, 3.63) is 58.4 Å². The van der Waals surface area contributed by atoms with Crippen LogP contribution in [-0.4, -0.2) is 31.2 Å². The molecule has 0 atom stereocenters. The number of phenols is 2. The minimum absolute atomic E-state index is 0.0297. The highest BCUT2D eigenvalue weighted by atomic mass is 16.5. The zero-order valence-electron chi connectivity index (χ0n) is 11.7. The molecule has 2 N–H and O–H groups in total. The van der Waals surface area contributed by atoms with Crippen molar-refractivity contribution in [2.45, 2.75) is 6.73 Å². The maximum atomic E-state index is 12.2. The third kappa shape index (κ3) is 2.82. The number of fused-ring (bicyclic) bond motifs is 1. The lowest BCUT2D eigenvalue weighted by Crippen LogP contribution is -2.26. The van der Waals surface area contributed by atoms with Crippen LogP contribution in [0.25, 0.3) is 10.9 Å². The van der Waals surface area contributed by atoms with E-state index in [9.17, 15) is 19.8 Å². The van der Waals surface area contributed by atoms with Gasteiger partial charge in [-0.1, -0.05) is 17.3 Å². The second kappa shape index (κ2) is 5.76. The summed E-state index contributed by atoms with van der Waals surface area (Å²) in [5.74, 6) is -1.57. The van der Waals surface area contributed by atoms with E-state index in [-0.39, 0.29) is 11.3 Å². The number of carbonyl (C=O) groups excluding carboxylic acids is 1. The third-order valence-corrected chi connectivity index (χ3v) is 3.16. The maximum absolute atomic E-state index is 12.2. The van der Waals surface area contributed by atoms with Crippen molar-refractivity contribution >= 4 is 16.9 Å². The molecule has 116 valence electrons. The SMILES string of the molecule is O=C(OCn1nnc2ccccc2c1=O)c1ccc(O)c(O)c1. The summed E-state index contributed by atoms with van der Waals surface area (Å²) in [4.78, 5) is 24.1. The highest BCUT2D eigenvalue weighted by molar-refractivity contribution is 5.90. The fraction of sp³-hybridized carbons (Fsp3) is 0.0667. The normalized spacial score (nSPS) is 10.6. The van der Waals surface area contributed by atoms with E-state index < -0.39 is 24.0 Å². The molecule has 23 heavy (non-hydrogen) atoms. The Morgan fingerprint density at radius 3 is 2.70 bits per heavy atom. The molecule has 0 radical (unpaired) electrons. The van der Waals surface area contributed by atoms with Crippen molar-refractivity contribution in [1.82, 2.24) is 15.0 Å². The van der Waals surface area contributed by atoms with Crippen LogP contribution in [0.4, 0.5) is 0 Å². The summed E-state index contributed by atoms with van der Waals surface area (Å²) in [7, 11) is 0. The first-order valence-corrected chi connectivity index (χ1v) is 6.58. The number of rotatable bonds is 3. The van der Waals surface area contributed by atoms with E-state index in [4.69, 9.17) is 4.74 Å². The molecular weight excluding hydrogens is 302 g/mol. The smallest absolute Gasteiger partial charge is 0.340 e. The first-order chi connectivity index (χ1) is 11.1. The van der Waals surface area contributed by atoms with Crippen molar-refractivity contribution in [1.29, 1.82) is 0 Å². The summed E-state index contributed by atoms with van der Waals surface area (Å²) in [6, 6.07) is 10.2. The maximum Gasteiger partial charge on any atom is 0.340 e. The quantitative estimate of drug-likeness (QED) is 0.548. The molecule has 2 aromatic carbocycles. The number of aromatic nitrogens is 3. The Hall–Kier alpha value is -3.42. The van der Waals surface area contributed by atoms with E-state index in [0.29, 0.717) is 10.9 Å². The van der Waals surface area contributed by atoms with E-state index in [0.717, 1.165) is 16.8 Å². The zero-order valence-corrected chi connectivity index (χ0v) is 11.7. The fourth-order valence-corrected chi connectivity index (χ4v) is 1.96. The number of hydrogen-bond acceptors (Lipinski definition) is 7. The summed E-state index contributed by atoms with van der Waals surface area (Å²) in [6.45, 7) is -0.420. The van der Waals surface area contributed by atoms with Crippen LogP contribution in [0.3, 0.4) is 0 Å². The van der Waals surface area contributed by atoms with Crippen LogP contribution in [0.2, 0.25) is 0 Å². The van der Waals surface area contributed by atoms with E-state index in [1.165, 1.54) is 6.07 Å². The highest BCUT2D eigenvalue weighted by Gasteiger charge is 2.12. The topological polar surface area (TPSA) is 115 Å². The van der Waals surface area contributed by atoms with Crippen molar-refractivity contribution in [2.75, 3.05) is 0 Å². The monoisotopic (exact) mass is 313 g/mol. The molecule has 1 heterocycles. The molecule has 8 nitrogen and oxygen atoms in total. The molecule has 0 bridgehead atoms. The lowest BCUT2D eigenvalue weighted by molar-refractivity contribution is 0.0335. The molecule has 3 aromatic rings. The second-order valence-electron chi connectivity index (χ2n) is 4.68. The van der Waals surface area contributed by atoms with Crippen molar-refractivity contribution < 1.29 is 19.7 Å². The average molecular weight is 313 g/mol. The zero-order chi connectivity index (χ0) is 16.4. The molecule has 0 fully saturated rings. The van der Waals surface area contributed by atoms with Gasteiger partial charge in [-0.15, -0.1) is 5.10 Å². The average Bonchev–Trinajstić information content (AvgIpc) is 2.57. The number of phenolic OH excluding ortho intramolecular Hbond substituents is 2. The predicted octanol–water partition coefficient (Wildman–Crippen LogP) is 1.02. The summed E-state index contributed by atoms with van der Waals surface area (Å²) >= 11 is 0. The number of carbonyl (C=O) groups is 1. The Kier molecular flexibility index (Phi) is 3.63. The van der Waals surface area contributed by atoms with Crippen LogP contribution in [-0.2, 0) is 11.5 Å². The van der Waals surface area contributed by atoms with Gasteiger partial charge >= 0.3 is 5.97 Å². The third-order valence-electron chi connectivity index (χ3n) is 3.16. The summed E-state index contributed by atoms with van der Waals surface area (Å²) in [5, 5.41) is 26.5. The minimum Gasteiger partial charge on any atom is -0.504 e. The van der Waals surface area contributed by atoms with Gasteiger partial charge in [-0.05, 0) is 30.3 Å². The van der Waals surface area contributed by atoms with Gasteiger partial charge in [0.05, 0.1) is 10.9 Å². The van der Waals surface area contributed by atoms with E-state index in [1.807, 2.05) is 0 Å². The van der Waals surface area contributed by atoms with Crippen LogP contribution in [0, 0.1) is 0 Å². The number of benzene rings is 2. The van der Waals surface area contributed by atoms with Gasteiger partial charge in [0.25, 0.3) is 5.56 Å². The van der Waals surface area contributed by atoms with Crippen molar-refractivity contribution in [3.63, 3.8) is 0 Å². The second-order valence-corrected chi connectivity index (χ2v) is 4.68. The number of ether oxygens (including phenoxy) is 1. The Bertz CT molecular complexity index is 951. The molecule has 0 spiro atoms. The van der Waals surface area contributed by atoms with Gasteiger partial charge in [-0.2, -0.15) is 4.68 Å². The number of hydrogen-bond donors (Lipinski definition) is 2. The van der Waals surface area contributed by atoms with E-state index in [1.54, 1.807) is 24.3 Å². The highest BCUT2D eigenvalue weighted by Crippen LogP contribution is 2.25. The van der Waals surface area contributed by atoms with Crippen molar-refractivity contribution in [2.24, 2.45) is 0 Å². The summed E-state index contributed by atoms with van der Waals surface area (Å²) in [6.07, 6.45) is 0. The van der Waals surface area contributed by atoms with Crippen molar-refractivity contribution in [3.8, 4) is 11.5 Å². The standard InChI is InChI=1S/C15H11N3O5/c19-12-6-5-9(7-13(12)20)15(22)23-8-18-14(21)10-3-1-2-4-11(10)16-17-18/h1-7,19-20H,8H2. The van der Waals surface area contributed by atoms with E-state index >= 15 is 0 Å². The molecule has 3 rings (SSSR count). The Morgan fingerprint density at radius 2 is 1.91 bits per heavy atom. The number of aromatic hydroxyl groups is 2. The van der Waals surface area contributed by atoms with Gasteiger partial charge in [-0.3, -0.25) is 4.79 Å². The van der Waals surface area contributed by atoms with Crippen LogP contribution in [0.15, 0.2) is 47.3 Å². The number of esters is 1. The molecule has 0 aliphatic rings.